The summed E-state index contributed by atoms with van der Waals surface area (Å²) in [5.41, 5.74) is 6.07. The second-order valence-electron chi connectivity index (χ2n) is 4.13. The van der Waals surface area contributed by atoms with E-state index in [0.29, 0.717) is 12.0 Å². The molecule has 1 aromatic heterocycles. The Kier molecular flexibility index (Phi) is 3.16. The van der Waals surface area contributed by atoms with E-state index >= 15 is 0 Å². The summed E-state index contributed by atoms with van der Waals surface area (Å²) in [6.07, 6.45) is 5.59. The van der Waals surface area contributed by atoms with Crippen molar-refractivity contribution in [2.75, 3.05) is 18.0 Å². The molecule has 0 aromatic carbocycles. The quantitative estimate of drug-likeness (QED) is 0.785. The fourth-order valence-electron chi connectivity index (χ4n) is 2.16. The summed E-state index contributed by atoms with van der Waals surface area (Å²) in [5.74, 6) is 1.61. The lowest BCUT2D eigenvalue weighted by Crippen LogP contribution is -2.47. The van der Waals surface area contributed by atoms with Gasteiger partial charge in [0.1, 0.15) is 12.1 Å². The van der Waals surface area contributed by atoms with Gasteiger partial charge in [-0.25, -0.2) is 9.97 Å². The Morgan fingerprint density at radius 1 is 1.60 bits per heavy atom. The first-order chi connectivity index (χ1) is 7.31. The fourth-order valence-corrected chi connectivity index (χ4v) is 2.16. The van der Waals surface area contributed by atoms with Gasteiger partial charge in [-0.3, -0.25) is 0 Å². The number of aromatic nitrogens is 2. The van der Waals surface area contributed by atoms with Gasteiger partial charge < -0.3 is 10.6 Å². The van der Waals surface area contributed by atoms with E-state index in [0.717, 1.165) is 31.7 Å². The normalized spacial score (nSPS) is 26.7. The van der Waals surface area contributed by atoms with Gasteiger partial charge in [-0.05, 0) is 18.4 Å². The Morgan fingerprint density at radius 2 is 2.47 bits per heavy atom. The summed E-state index contributed by atoms with van der Waals surface area (Å²) in [4.78, 5) is 10.5. The maximum absolute atomic E-state index is 6.07. The maximum Gasteiger partial charge on any atom is 0.131 e. The first-order valence-electron chi connectivity index (χ1n) is 5.57. The molecule has 4 nitrogen and oxygen atoms in total. The molecule has 2 heterocycles. The third-order valence-electron chi connectivity index (χ3n) is 3.21. The van der Waals surface area contributed by atoms with Crippen LogP contribution >= 0.6 is 0 Å². The molecule has 1 saturated heterocycles. The third kappa shape index (κ3) is 2.26. The molecule has 2 rings (SSSR count). The number of nitrogens with zero attached hydrogens (tertiary/aromatic N) is 3. The van der Waals surface area contributed by atoms with Crippen molar-refractivity contribution < 1.29 is 0 Å². The summed E-state index contributed by atoms with van der Waals surface area (Å²) in [5, 5.41) is 0. The van der Waals surface area contributed by atoms with E-state index in [2.05, 4.69) is 21.8 Å². The van der Waals surface area contributed by atoms with Gasteiger partial charge >= 0.3 is 0 Å². The molecule has 82 valence electrons. The summed E-state index contributed by atoms with van der Waals surface area (Å²) in [6, 6.07) is 2.32. The molecule has 1 fully saturated rings. The van der Waals surface area contributed by atoms with Crippen molar-refractivity contribution in [3.63, 3.8) is 0 Å². The Bertz CT molecular complexity index is 301. The van der Waals surface area contributed by atoms with Crippen LogP contribution in [-0.2, 0) is 0 Å². The second kappa shape index (κ2) is 4.57. The lowest BCUT2D eigenvalue weighted by Gasteiger charge is -2.37. The molecule has 2 atom stereocenters. The van der Waals surface area contributed by atoms with Gasteiger partial charge in [0.05, 0.1) is 0 Å². The van der Waals surface area contributed by atoms with Crippen LogP contribution in [0, 0.1) is 5.92 Å². The summed E-state index contributed by atoms with van der Waals surface area (Å²) in [6.45, 7) is 4.23. The highest BCUT2D eigenvalue weighted by atomic mass is 15.2. The molecule has 0 radical (unpaired) electrons. The SMILES string of the molecule is CCC1CN(c2ccncn2)CCC1N. The van der Waals surface area contributed by atoms with Crippen LogP contribution in [0.25, 0.3) is 0 Å². The van der Waals surface area contributed by atoms with Crippen molar-refractivity contribution in [3.05, 3.63) is 18.6 Å². The monoisotopic (exact) mass is 206 g/mol. The van der Waals surface area contributed by atoms with Gasteiger partial charge in [0.25, 0.3) is 0 Å². The molecule has 0 aliphatic carbocycles. The Labute approximate surface area is 90.5 Å². The first-order valence-corrected chi connectivity index (χ1v) is 5.57. The molecule has 0 amide bonds. The molecule has 0 bridgehead atoms. The predicted molar refractivity (Wildman–Crippen MR) is 60.6 cm³/mol. The standard InChI is InChI=1S/C11H18N4/c1-2-9-7-15(6-4-10(9)12)11-3-5-13-8-14-11/h3,5,8-10H,2,4,6-7,12H2,1H3. The largest absolute Gasteiger partial charge is 0.356 e. The van der Waals surface area contributed by atoms with Crippen molar-refractivity contribution in [1.82, 2.24) is 9.97 Å². The minimum atomic E-state index is 0.355. The first kappa shape index (κ1) is 10.4. The fraction of sp³-hybridized carbons (Fsp3) is 0.636. The van der Waals surface area contributed by atoms with Crippen molar-refractivity contribution in [2.24, 2.45) is 11.7 Å². The smallest absolute Gasteiger partial charge is 0.131 e. The van der Waals surface area contributed by atoms with E-state index in [1.165, 1.54) is 0 Å². The van der Waals surface area contributed by atoms with Crippen LogP contribution in [0.4, 0.5) is 5.82 Å². The number of piperidine rings is 1. The molecule has 2 N–H and O–H groups in total. The van der Waals surface area contributed by atoms with E-state index in [-0.39, 0.29) is 0 Å². The second-order valence-corrected chi connectivity index (χ2v) is 4.13. The molecule has 0 spiro atoms. The van der Waals surface area contributed by atoms with Gasteiger partial charge in [0.2, 0.25) is 0 Å². The molecule has 1 aromatic rings. The zero-order chi connectivity index (χ0) is 10.7. The van der Waals surface area contributed by atoms with Crippen molar-refractivity contribution in [3.8, 4) is 0 Å². The van der Waals surface area contributed by atoms with Crippen LogP contribution in [0.3, 0.4) is 0 Å². The highest BCUT2D eigenvalue weighted by molar-refractivity contribution is 5.37. The maximum atomic E-state index is 6.07. The topological polar surface area (TPSA) is 55.0 Å². The van der Waals surface area contributed by atoms with Crippen molar-refractivity contribution in [1.29, 1.82) is 0 Å². The zero-order valence-corrected chi connectivity index (χ0v) is 9.13. The van der Waals surface area contributed by atoms with Gasteiger partial charge in [0.15, 0.2) is 0 Å². The van der Waals surface area contributed by atoms with Crippen LogP contribution in [0.5, 0.6) is 0 Å². The van der Waals surface area contributed by atoms with E-state index in [4.69, 9.17) is 5.73 Å². The lowest BCUT2D eigenvalue weighted by molar-refractivity contribution is 0.347. The summed E-state index contributed by atoms with van der Waals surface area (Å²) >= 11 is 0. The van der Waals surface area contributed by atoms with Gasteiger partial charge in [-0.15, -0.1) is 0 Å². The highest BCUT2D eigenvalue weighted by Crippen LogP contribution is 2.22. The predicted octanol–water partition coefficient (Wildman–Crippen LogP) is 1.04. The lowest BCUT2D eigenvalue weighted by atomic mass is 9.91. The third-order valence-corrected chi connectivity index (χ3v) is 3.21. The molecular weight excluding hydrogens is 188 g/mol. The Balaban J connectivity index is 2.06. The van der Waals surface area contributed by atoms with Crippen LogP contribution in [0.2, 0.25) is 0 Å². The Morgan fingerprint density at radius 3 is 3.13 bits per heavy atom. The number of anilines is 1. The Hall–Kier alpha value is -1.16. The number of rotatable bonds is 2. The minimum absolute atomic E-state index is 0.355. The van der Waals surface area contributed by atoms with Crippen LogP contribution in [-0.4, -0.2) is 29.1 Å². The average Bonchev–Trinajstić information content (AvgIpc) is 2.31. The number of hydrogen-bond acceptors (Lipinski definition) is 4. The molecule has 1 aliphatic rings. The average molecular weight is 206 g/mol. The molecule has 15 heavy (non-hydrogen) atoms. The number of nitrogens with two attached hydrogens (primary N) is 1. The van der Waals surface area contributed by atoms with Crippen LogP contribution in [0.15, 0.2) is 18.6 Å². The molecule has 2 unspecified atom stereocenters. The van der Waals surface area contributed by atoms with E-state index in [9.17, 15) is 0 Å². The molecule has 0 saturated carbocycles. The van der Waals surface area contributed by atoms with Gasteiger partial charge in [-0.2, -0.15) is 0 Å². The van der Waals surface area contributed by atoms with Crippen LogP contribution < -0.4 is 10.6 Å². The van der Waals surface area contributed by atoms with Crippen molar-refractivity contribution in [2.45, 2.75) is 25.8 Å². The van der Waals surface area contributed by atoms with Crippen LogP contribution in [0.1, 0.15) is 19.8 Å². The molecular formula is C11H18N4. The zero-order valence-electron chi connectivity index (χ0n) is 9.13. The minimum Gasteiger partial charge on any atom is -0.356 e. The summed E-state index contributed by atoms with van der Waals surface area (Å²) in [7, 11) is 0. The van der Waals surface area contributed by atoms with E-state index < -0.39 is 0 Å². The molecule has 1 aliphatic heterocycles. The van der Waals surface area contributed by atoms with E-state index in [1.807, 2.05) is 6.07 Å². The highest BCUT2D eigenvalue weighted by Gasteiger charge is 2.25. The van der Waals surface area contributed by atoms with Crippen molar-refractivity contribution >= 4 is 5.82 Å². The van der Waals surface area contributed by atoms with E-state index in [1.54, 1.807) is 12.5 Å². The molecule has 4 heteroatoms. The summed E-state index contributed by atoms with van der Waals surface area (Å²) < 4.78 is 0. The number of hydrogen-bond donors (Lipinski definition) is 1. The van der Waals surface area contributed by atoms with Gasteiger partial charge in [-0.1, -0.05) is 13.3 Å². The van der Waals surface area contributed by atoms with Gasteiger partial charge in [0, 0.05) is 25.3 Å².